The van der Waals surface area contributed by atoms with E-state index in [2.05, 4.69) is 0 Å². The minimum absolute atomic E-state index is 2.23. The fraction of sp³-hybridized carbons (Fsp3) is 0. The van der Waals surface area contributed by atoms with E-state index in [1.807, 2.05) is 0 Å². The van der Waals surface area contributed by atoms with Gasteiger partial charge in [0.25, 0.3) is 0 Å². The first kappa shape index (κ1) is 13.5. The van der Waals surface area contributed by atoms with Gasteiger partial charge in [0.2, 0.25) is 5.82 Å². The number of halogens is 5. The third kappa shape index (κ3) is 2.13. The van der Waals surface area contributed by atoms with Crippen LogP contribution in [0.1, 0.15) is 10.4 Å². The summed E-state index contributed by atoms with van der Waals surface area (Å²) in [7, 11) is -5.62. The molecule has 17 heavy (non-hydrogen) atoms. The van der Waals surface area contributed by atoms with Crippen molar-refractivity contribution in [1.29, 1.82) is 0 Å². The molecule has 0 heterocycles. The van der Waals surface area contributed by atoms with Crippen molar-refractivity contribution in [3.05, 3.63) is 34.6 Å². The van der Waals surface area contributed by atoms with Crippen LogP contribution < -0.4 is 0 Å². The fourth-order valence-corrected chi connectivity index (χ4v) is 1.35. The Morgan fingerprint density at radius 3 is 1.41 bits per heavy atom. The lowest BCUT2D eigenvalue weighted by molar-refractivity contribution is 0.105. The predicted octanol–water partition coefficient (Wildman–Crippen LogP) is 1.41. The summed E-state index contributed by atoms with van der Waals surface area (Å²) in [6, 6.07) is 0. The van der Waals surface area contributed by atoms with Crippen molar-refractivity contribution in [1.82, 2.24) is 0 Å². The highest BCUT2D eigenvalue weighted by Gasteiger charge is 2.34. The molecule has 0 aromatic heterocycles. The number of benzene rings is 1. The van der Waals surface area contributed by atoms with Crippen LogP contribution in [-0.2, 0) is 10.1 Å². The second kappa shape index (κ2) is 4.04. The Hall–Kier alpha value is -1.55. The van der Waals surface area contributed by atoms with Gasteiger partial charge in [0.15, 0.2) is 23.3 Å². The summed E-state index contributed by atoms with van der Waals surface area (Å²) in [6.07, 6.45) is 0. The molecule has 94 valence electrons. The lowest BCUT2D eigenvalue weighted by atomic mass is 10.2. The molecule has 1 rings (SSSR count). The van der Waals surface area contributed by atoms with Crippen LogP contribution in [0.25, 0.3) is 0 Å². The molecule has 0 aliphatic rings. The second-order valence-corrected chi connectivity index (χ2v) is 4.03. The summed E-state index contributed by atoms with van der Waals surface area (Å²) < 4.78 is 92.1. The van der Waals surface area contributed by atoms with Crippen LogP contribution in [0.2, 0.25) is 0 Å². The minimum atomic E-state index is -5.62. The van der Waals surface area contributed by atoms with Gasteiger partial charge in [0, 0.05) is 0 Å². The maximum Gasteiger partial charge on any atom is 0.333 e. The Balaban J connectivity index is 3.74. The summed E-state index contributed by atoms with van der Waals surface area (Å²) in [5.41, 5.74) is -2.23. The van der Waals surface area contributed by atoms with Gasteiger partial charge in [-0.1, -0.05) is 0 Å². The molecule has 0 unspecified atom stereocenters. The molecule has 0 aliphatic heterocycles. The largest absolute Gasteiger partial charge is 0.333 e. The summed E-state index contributed by atoms with van der Waals surface area (Å²) >= 11 is 0. The number of rotatable bonds is 1. The Morgan fingerprint density at radius 1 is 0.824 bits per heavy atom. The third-order valence-corrected chi connectivity index (χ3v) is 2.32. The lowest BCUT2D eigenvalue weighted by Gasteiger charge is -2.05. The van der Waals surface area contributed by atoms with E-state index >= 15 is 0 Å². The zero-order chi connectivity index (χ0) is 13.5. The van der Waals surface area contributed by atoms with E-state index in [0.29, 0.717) is 0 Å². The maximum atomic E-state index is 12.9. The quantitative estimate of drug-likeness (QED) is 0.364. The monoisotopic (exact) mass is 276 g/mol. The Kier molecular flexibility index (Phi) is 3.21. The molecule has 0 fully saturated rings. The van der Waals surface area contributed by atoms with Crippen molar-refractivity contribution < 1.29 is 39.7 Å². The van der Waals surface area contributed by atoms with Gasteiger partial charge >= 0.3 is 15.2 Å². The third-order valence-electron chi connectivity index (χ3n) is 1.65. The van der Waals surface area contributed by atoms with Crippen LogP contribution in [0, 0.1) is 29.1 Å². The first-order valence-corrected chi connectivity index (χ1v) is 5.06. The highest BCUT2D eigenvalue weighted by Crippen LogP contribution is 2.24. The number of hydrogen-bond donors (Lipinski definition) is 1. The van der Waals surface area contributed by atoms with Crippen LogP contribution in [0.4, 0.5) is 22.0 Å². The minimum Gasteiger partial charge on any atom is -0.279 e. The molecule has 1 aromatic rings. The first-order valence-electron chi connectivity index (χ1n) is 3.62. The SMILES string of the molecule is O=C(c1c(F)c(F)c(F)c(F)c1F)S(=O)(=O)O. The zero-order valence-electron chi connectivity index (χ0n) is 7.47. The topological polar surface area (TPSA) is 71.4 Å². The second-order valence-electron chi connectivity index (χ2n) is 2.71. The summed E-state index contributed by atoms with van der Waals surface area (Å²) in [5.74, 6) is -12.8. The smallest absolute Gasteiger partial charge is 0.279 e. The van der Waals surface area contributed by atoms with Gasteiger partial charge < -0.3 is 0 Å². The van der Waals surface area contributed by atoms with Crippen LogP contribution in [0.15, 0.2) is 0 Å². The van der Waals surface area contributed by atoms with Gasteiger partial charge in [-0.2, -0.15) is 8.42 Å². The Bertz CT molecular complexity index is 580. The average molecular weight is 276 g/mol. The summed E-state index contributed by atoms with van der Waals surface area (Å²) in [5, 5.41) is -2.62. The van der Waals surface area contributed by atoms with Crippen molar-refractivity contribution in [2.24, 2.45) is 0 Å². The Labute approximate surface area is 90.4 Å². The molecule has 10 heteroatoms. The van der Waals surface area contributed by atoms with E-state index in [9.17, 15) is 35.2 Å². The van der Waals surface area contributed by atoms with Crippen molar-refractivity contribution in [3.63, 3.8) is 0 Å². The maximum absolute atomic E-state index is 12.9. The van der Waals surface area contributed by atoms with Crippen LogP contribution in [-0.4, -0.2) is 18.1 Å². The van der Waals surface area contributed by atoms with Crippen molar-refractivity contribution >= 4 is 15.2 Å². The van der Waals surface area contributed by atoms with E-state index < -0.39 is 49.9 Å². The zero-order valence-corrected chi connectivity index (χ0v) is 8.29. The van der Waals surface area contributed by atoms with Crippen molar-refractivity contribution in [3.8, 4) is 0 Å². The molecule has 1 N–H and O–H groups in total. The standard InChI is InChI=1S/C7HF5O4S/c8-2-1(7(13)17(14,15)16)3(9)5(11)6(12)4(2)10/h(H,14,15,16). The van der Waals surface area contributed by atoms with Crippen LogP contribution >= 0.6 is 0 Å². The summed E-state index contributed by atoms with van der Waals surface area (Å²) in [6.45, 7) is 0. The molecule has 0 amide bonds. The van der Waals surface area contributed by atoms with E-state index in [0.717, 1.165) is 0 Å². The van der Waals surface area contributed by atoms with Crippen LogP contribution in [0.5, 0.6) is 0 Å². The highest BCUT2D eigenvalue weighted by atomic mass is 32.2. The lowest BCUT2D eigenvalue weighted by Crippen LogP contribution is -2.20. The van der Waals surface area contributed by atoms with E-state index in [-0.39, 0.29) is 0 Å². The number of carbonyl (C=O) groups is 1. The fourth-order valence-electron chi connectivity index (χ4n) is 0.913. The molecule has 4 nitrogen and oxygen atoms in total. The van der Waals surface area contributed by atoms with Gasteiger partial charge in [-0.15, -0.1) is 0 Å². The van der Waals surface area contributed by atoms with E-state index in [4.69, 9.17) is 4.55 Å². The molecule has 0 radical (unpaired) electrons. The van der Waals surface area contributed by atoms with Gasteiger partial charge in [-0.3, -0.25) is 9.35 Å². The van der Waals surface area contributed by atoms with Gasteiger partial charge in [0.05, 0.1) is 0 Å². The van der Waals surface area contributed by atoms with Gasteiger partial charge in [-0.25, -0.2) is 22.0 Å². The van der Waals surface area contributed by atoms with Crippen molar-refractivity contribution in [2.75, 3.05) is 0 Å². The molecule has 1 aromatic carbocycles. The normalized spacial score (nSPS) is 11.6. The van der Waals surface area contributed by atoms with Crippen LogP contribution in [0.3, 0.4) is 0 Å². The predicted molar refractivity (Wildman–Crippen MR) is 42.1 cm³/mol. The molecule has 0 aliphatic carbocycles. The molecule has 0 atom stereocenters. The number of hydrogen-bond acceptors (Lipinski definition) is 3. The Morgan fingerprint density at radius 2 is 1.12 bits per heavy atom. The van der Waals surface area contributed by atoms with E-state index in [1.165, 1.54) is 0 Å². The molecule has 0 spiro atoms. The van der Waals surface area contributed by atoms with Gasteiger partial charge in [-0.05, 0) is 0 Å². The van der Waals surface area contributed by atoms with E-state index in [1.54, 1.807) is 0 Å². The average Bonchev–Trinajstić information content (AvgIpc) is 2.22. The molecule has 0 saturated carbocycles. The summed E-state index contributed by atoms with van der Waals surface area (Å²) in [4.78, 5) is 10.7. The molecule has 0 saturated heterocycles. The number of carbonyl (C=O) groups excluding carboxylic acids is 1. The molecular formula is C7HF5O4S. The van der Waals surface area contributed by atoms with Crippen molar-refractivity contribution in [2.45, 2.75) is 0 Å². The molecular weight excluding hydrogens is 275 g/mol. The molecule has 0 bridgehead atoms. The first-order chi connectivity index (χ1) is 7.59. The highest BCUT2D eigenvalue weighted by molar-refractivity contribution is 8.01. The van der Waals surface area contributed by atoms with Gasteiger partial charge in [0.1, 0.15) is 5.56 Å².